The second kappa shape index (κ2) is 6.43. The average molecular weight is 183 g/mol. The van der Waals surface area contributed by atoms with Gasteiger partial charge in [-0.1, -0.05) is 32.1 Å². The molecule has 2 N–H and O–H groups in total. The van der Waals surface area contributed by atoms with E-state index in [1.165, 1.54) is 0 Å². The van der Waals surface area contributed by atoms with E-state index < -0.39 is 5.97 Å². The van der Waals surface area contributed by atoms with Crippen LogP contribution in [0.4, 0.5) is 0 Å². The first-order valence-electron chi connectivity index (χ1n) is 4.33. The lowest BCUT2D eigenvalue weighted by Crippen LogP contribution is -2.16. The fourth-order valence-electron chi connectivity index (χ4n) is 0.790. The molecule has 0 amide bonds. The van der Waals surface area contributed by atoms with Gasteiger partial charge in [-0.2, -0.15) is 0 Å². The van der Waals surface area contributed by atoms with Gasteiger partial charge in [0.2, 0.25) is 0 Å². The van der Waals surface area contributed by atoms with Crippen molar-refractivity contribution >= 4 is 5.97 Å². The second-order valence-corrected chi connectivity index (χ2v) is 3.16. The van der Waals surface area contributed by atoms with Crippen LogP contribution in [0, 0.1) is 5.92 Å². The van der Waals surface area contributed by atoms with Crippen LogP contribution >= 0.6 is 0 Å². The lowest BCUT2D eigenvalue weighted by Gasteiger charge is -1.98. The van der Waals surface area contributed by atoms with Gasteiger partial charge in [0, 0.05) is 6.54 Å². The molecule has 0 fully saturated rings. The Morgan fingerprint density at radius 2 is 2.15 bits per heavy atom. The van der Waals surface area contributed by atoms with Gasteiger partial charge >= 0.3 is 5.97 Å². The number of carboxylic acids is 1. The largest absolute Gasteiger partial charge is 0.478 e. The summed E-state index contributed by atoms with van der Waals surface area (Å²) in [6.45, 7) is 4.48. The highest BCUT2D eigenvalue weighted by Gasteiger charge is 2.02. The van der Waals surface area contributed by atoms with Crippen molar-refractivity contribution in [1.82, 2.24) is 5.32 Å². The van der Waals surface area contributed by atoms with Crippen molar-refractivity contribution in [2.24, 2.45) is 5.92 Å². The first kappa shape index (κ1) is 11.9. The van der Waals surface area contributed by atoms with Crippen LogP contribution in [0.1, 0.15) is 13.8 Å². The lowest BCUT2D eigenvalue weighted by atomic mass is 10.2. The molecule has 0 unspecified atom stereocenters. The van der Waals surface area contributed by atoms with Gasteiger partial charge in [0.25, 0.3) is 0 Å². The SMILES string of the molecule is CNCC(=CC=CC(C)C)C(=O)O. The molecule has 0 aliphatic heterocycles. The molecule has 0 atom stereocenters. The summed E-state index contributed by atoms with van der Waals surface area (Å²) in [6, 6.07) is 0. The summed E-state index contributed by atoms with van der Waals surface area (Å²) in [7, 11) is 1.73. The highest BCUT2D eigenvalue weighted by Crippen LogP contribution is 1.97. The standard InChI is InChI=1S/C10H17NO2/c1-8(2)5-4-6-9(7-11-3)10(12)13/h4-6,8,11H,7H2,1-3H3,(H,12,13). The number of hydrogen-bond acceptors (Lipinski definition) is 2. The van der Waals surface area contributed by atoms with E-state index >= 15 is 0 Å². The zero-order chi connectivity index (χ0) is 10.3. The Labute approximate surface area is 79.2 Å². The van der Waals surface area contributed by atoms with Crippen molar-refractivity contribution < 1.29 is 9.90 Å². The summed E-state index contributed by atoms with van der Waals surface area (Å²) in [5, 5.41) is 11.5. The Balaban J connectivity index is 4.27. The molecule has 0 rings (SSSR count). The molecule has 0 heterocycles. The number of carboxylic acid groups (broad SMARTS) is 1. The van der Waals surface area contributed by atoms with Crippen LogP contribution in [0.5, 0.6) is 0 Å². The third-order valence-corrected chi connectivity index (χ3v) is 1.44. The van der Waals surface area contributed by atoms with Crippen LogP contribution in [-0.2, 0) is 4.79 Å². The van der Waals surface area contributed by atoms with E-state index in [2.05, 4.69) is 5.32 Å². The maximum Gasteiger partial charge on any atom is 0.332 e. The number of aliphatic carboxylic acids is 1. The van der Waals surface area contributed by atoms with E-state index in [1.54, 1.807) is 19.2 Å². The summed E-state index contributed by atoms with van der Waals surface area (Å²) in [4.78, 5) is 10.6. The zero-order valence-corrected chi connectivity index (χ0v) is 8.37. The summed E-state index contributed by atoms with van der Waals surface area (Å²) >= 11 is 0. The lowest BCUT2D eigenvalue weighted by molar-refractivity contribution is -0.132. The van der Waals surface area contributed by atoms with Crippen LogP contribution in [0.2, 0.25) is 0 Å². The molecule has 0 spiro atoms. The van der Waals surface area contributed by atoms with Crippen LogP contribution in [0.25, 0.3) is 0 Å². The van der Waals surface area contributed by atoms with E-state index in [4.69, 9.17) is 5.11 Å². The van der Waals surface area contributed by atoms with E-state index in [9.17, 15) is 4.79 Å². The van der Waals surface area contributed by atoms with Crippen molar-refractivity contribution in [1.29, 1.82) is 0 Å². The molecule has 0 aromatic carbocycles. The van der Waals surface area contributed by atoms with Gasteiger partial charge in [-0.3, -0.25) is 0 Å². The number of carbonyl (C=O) groups is 1. The van der Waals surface area contributed by atoms with Gasteiger partial charge in [0.15, 0.2) is 0 Å². The van der Waals surface area contributed by atoms with Crippen LogP contribution in [0.15, 0.2) is 23.8 Å². The van der Waals surface area contributed by atoms with Crippen molar-refractivity contribution in [3.8, 4) is 0 Å². The third-order valence-electron chi connectivity index (χ3n) is 1.44. The molecule has 0 aliphatic rings. The highest BCUT2D eigenvalue weighted by molar-refractivity contribution is 5.87. The normalized spacial score (nSPS) is 12.8. The zero-order valence-electron chi connectivity index (χ0n) is 8.37. The summed E-state index contributed by atoms with van der Waals surface area (Å²) in [5.74, 6) is -0.427. The van der Waals surface area contributed by atoms with E-state index in [-0.39, 0.29) is 0 Å². The first-order chi connectivity index (χ1) is 6.07. The maximum atomic E-state index is 10.6. The van der Waals surface area contributed by atoms with Crippen molar-refractivity contribution in [2.45, 2.75) is 13.8 Å². The number of rotatable bonds is 5. The van der Waals surface area contributed by atoms with Gasteiger partial charge in [0.1, 0.15) is 0 Å². The van der Waals surface area contributed by atoms with Crippen LogP contribution in [0.3, 0.4) is 0 Å². The Morgan fingerprint density at radius 3 is 2.54 bits per heavy atom. The molecule has 3 heteroatoms. The molecule has 0 bridgehead atoms. The second-order valence-electron chi connectivity index (χ2n) is 3.16. The third kappa shape index (κ3) is 6.11. The Hall–Kier alpha value is -1.09. The summed E-state index contributed by atoms with van der Waals surface area (Å²) < 4.78 is 0. The molecule has 0 saturated carbocycles. The van der Waals surface area contributed by atoms with E-state index in [0.717, 1.165) is 0 Å². The summed E-state index contributed by atoms with van der Waals surface area (Å²) in [6.07, 6.45) is 5.36. The number of nitrogens with one attached hydrogen (secondary N) is 1. The fourth-order valence-corrected chi connectivity index (χ4v) is 0.790. The van der Waals surface area contributed by atoms with Gasteiger partial charge in [0.05, 0.1) is 5.57 Å². The van der Waals surface area contributed by atoms with Crippen molar-refractivity contribution in [3.05, 3.63) is 23.8 Å². The Bertz CT molecular complexity index is 217. The minimum absolute atomic E-state index is 0.374. The van der Waals surface area contributed by atoms with Crippen molar-refractivity contribution in [3.63, 3.8) is 0 Å². The van der Waals surface area contributed by atoms with Crippen LogP contribution in [-0.4, -0.2) is 24.7 Å². The molecule has 0 aliphatic carbocycles. The quantitative estimate of drug-likeness (QED) is 0.500. The molecule has 0 saturated heterocycles. The number of likely N-dealkylation sites (N-methyl/N-ethyl adjacent to an activating group) is 1. The molecule has 0 radical (unpaired) electrons. The molecular formula is C10H17NO2. The molecule has 0 aromatic heterocycles. The molecule has 13 heavy (non-hydrogen) atoms. The minimum Gasteiger partial charge on any atom is -0.478 e. The van der Waals surface area contributed by atoms with Gasteiger partial charge < -0.3 is 10.4 Å². The van der Waals surface area contributed by atoms with E-state index in [1.807, 2.05) is 19.9 Å². The molecular weight excluding hydrogens is 166 g/mol. The minimum atomic E-state index is -0.872. The van der Waals surface area contributed by atoms with Gasteiger partial charge in [-0.05, 0) is 13.0 Å². The monoisotopic (exact) mass is 183 g/mol. The average Bonchev–Trinajstić information content (AvgIpc) is 2.02. The highest BCUT2D eigenvalue weighted by atomic mass is 16.4. The maximum absolute atomic E-state index is 10.6. The fraction of sp³-hybridized carbons (Fsp3) is 0.500. The predicted molar refractivity (Wildman–Crippen MR) is 53.6 cm³/mol. The Morgan fingerprint density at radius 1 is 1.54 bits per heavy atom. The number of hydrogen-bond donors (Lipinski definition) is 2. The van der Waals surface area contributed by atoms with E-state index in [0.29, 0.717) is 18.0 Å². The molecule has 3 nitrogen and oxygen atoms in total. The van der Waals surface area contributed by atoms with Gasteiger partial charge in [-0.25, -0.2) is 4.79 Å². The topological polar surface area (TPSA) is 49.3 Å². The number of allylic oxidation sites excluding steroid dienone is 3. The smallest absolute Gasteiger partial charge is 0.332 e. The molecule has 0 aromatic rings. The van der Waals surface area contributed by atoms with Crippen LogP contribution < -0.4 is 5.32 Å². The van der Waals surface area contributed by atoms with Gasteiger partial charge in [-0.15, -0.1) is 0 Å². The molecule has 74 valence electrons. The summed E-state index contributed by atoms with van der Waals surface area (Å²) in [5.41, 5.74) is 0.374. The predicted octanol–water partition coefficient (Wildman–Crippen LogP) is 1.43. The Kier molecular flexibility index (Phi) is 5.89. The first-order valence-corrected chi connectivity index (χ1v) is 4.33. The van der Waals surface area contributed by atoms with Crippen molar-refractivity contribution in [2.75, 3.05) is 13.6 Å².